The summed E-state index contributed by atoms with van der Waals surface area (Å²) >= 11 is 0. The van der Waals surface area contributed by atoms with E-state index in [0.29, 0.717) is 5.75 Å². The molecule has 0 N–H and O–H groups in total. The van der Waals surface area contributed by atoms with Crippen molar-refractivity contribution in [1.82, 2.24) is 14.1 Å². The fourth-order valence-electron chi connectivity index (χ4n) is 3.21. The van der Waals surface area contributed by atoms with Crippen LogP contribution in [0.3, 0.4) is 0 Å². The summed E-state index contributed by atoms with van der Waals surface area (Å²) in [6.45, 7) is 9.70. The monoisotopic (exact) mass is 488 g/mol. The molecule has 0 spiro atoms. The summed E-state index contributed by atoms with van der Waals surface area (Å²) in [6, 6.07) is 11.3. The highest BCUT2D eigenvalue weighted by Gasteiger charge is 2.14. The number of aromatic nitrogens is 3. The van der Waals surface area contributed by atoms with Crippen molar-refractivity contribution < 1.29 is 9.66 Å². The molecule has 36 heavy (non-hydrogen) atoms. The van der Waals surface area contributed by atoms with E-state index < -0.39 is 22.0 Å². The number of rotatable bonds is 7. The topological polar surface area (TPSA) is 109 Å². The normalized spacial score (nSPS) is 10.4. The van der Waals surface area contributed by atoms with Crippen LogP contribution in [0.25, 0.3) is 0 Å². The van der Waals surface area contributed by atoms with Gasteiger partial charge in [-0.3, -0.25) is 13.9 Å². The van der Waals surface area contributed by atoms with Gasteiger partial charge < -0.3 is 14.9 Å². The molecular formula is C27H28N4O5. The molecule has 2 aromatic heterocycles. The standard InChI is InChI=1S/C25H22N4O5.C2H6/c1-4-6-18(2)16-27-21(11-10-20-7-5-14-26-24(20)29(32)33)15-23(30)28(25(27)31)17-19-8-12-22(34-3)13-9-19;1-2/h4-9,12-15H,1,16-17H2,2-3H3;1-2H3/b18-6+;. The first-order valence-electron chi connectivity index (χ1n) is 11.2. The molecule has 0 saturated heterocycles. The predicted molar refractivity (Wildman–Crippen MR) is 139 cm³/mol. The van der Waals surface area contributed by atoms with Gasteiger partial charge >= 0.3 is 11.5 Å². The number of nitro groups is 1. The van der Waals surface area contributed by atoms with Crippen molar-refractivity contribution in [2.75, 3.05) is 7.11 Å². The van der Waals surface area contributed by atoms with Crippen molar-refractivity contribution in [2.24, 2.45) is 0 Å². The Kier molecular flexibility index (Phi) is 10.1. The second-order valence-corrected chi connectivity index (χ2v) is 7.30. The number of methoxy groups -OCH3 is 1. The van der Waals surface area contributed by atoms with Crippen LogP contribution < -0.4 is 16.0 Å². The molecule has 186 valence electrons. The molecule has 1 aromatic carbocycles. The lowest BCUT2D eigenvalue weighted by Gasteiger charge is -2.13. The van der Waals surface area contributed by atoms with Gasteiger partial charge in [-0.25, -0.2) is 4.79 Å². The molecule has 0 atom stereocenters. The fraction of sp³-hybridized carbons (Fsp3) is 0.222. The summed E-state index contributed by atoms with van der Waals surface area (Å²) in [4.78, 5) is 40.5. The molecule has 0 saturated carbocycles. The van der Waals surface area contributed by atoms with Crippen LogP contribution in [0.1, 0.15) is 37.6 Å². The average molecular weight is 489 g/mol. The highest BCUT2D eigenvalue weighted by molar-refractivity contribution is 5.48. The van der Waals surface area contributed by atoms with Gasteiger partial charge in [-0.2, -0.15) is 0 Å². The van der Waals surface area contributed by atoms with E-state index in [1.54, 1.807) is 43.5 Å². The van der Waals surface area contributed by atoms with Gasteiger partial charge in [0.25, 0.3) is 5.56 Å². The van der Waals surface area contributed by atoms with Crippen molar-refractivity contribution >= 4 is 5.82 Å². The summed E-state index contributed by atoms with van der Waals surface area (Å²) in [5, 5.41) is 11.2. The molecule has 0 fully saturated rings. The van der Waals surface area contributed by atoms with Crippen LogP contribution in [0.5, 0.6) is 5.75 Å². The largest absolute Gasteiger partial charge is 0.497 e. The van der Waals surface area contributed by atoms with E-state index in [4.69, 9.17) is 4.74 Å². The zero-order chi connectivity index (χ0) is 26.7. The van der Waals surface area contributed by atoms with E-state index in [-0.39, 0.29) is 24.3 Å². The Labute approximate surface area is 209 Å². The number of benzene rings is 1. The predicted octanol–water partition coefficient (Wildman–Crippen LogP) is 3.93. The molecule has 2 heterocycles. The Morgan fingerprint density at radius 3 is 2.47 bits per heavy atom. The van der Waals surface area contributed by atoms with Crippen molar-refractivity contribution in [1.29, 1.82) is 0 Å². The van der Waals surface area contributed by atoms with Gasteiger partial charge in [0.15, 0.2) is 0 Å². The number of hydrogen-bond donors (Lipinski definition) is 0. The van der Waals surface area contributed by atoms with Crippen LogP contribution in [0.4, 0.5) is 5.82 Å². The molecule has 0 aliphatic heterocycles. The van der Waals surface area contributed by atoms with Crippen LogP contribution in [-0.2, 0) is 13.1 Å². The minimum atomic E-state index is -0.638. The molecule has 0 unspecified atom stereocenters. The van der Waals surface area contributed by atoms with E-state index in [2.05, 4.69) is 23.4 Å². The number of allylic oxidation sites excluding steroid dienone is 3. The lowest BCUT2D eigenvalue weighted by Crippen LogP contribution is -2.41. The maximum atomic E-state index is 13.3. The number of hydrogen-bond acceptors (Lipinski definition) is 6. The SMILES string of the molecule is C=C/C=C(\C)Cn1c(C#Cc2cccnc2[N+](=O)[O-])cc(=O)n(Cc2ccc(OC)cc2)c1=O.CC. The third-order valence-corrected chi connectivity index (χ3v) is 4.87. The molecular weight excluding hydrogens is 460 g/mol. The smallest absolute Gasteiger partial charge is 0.379 e. The molecule has 0 amide bonds. The maximum Gasteiger partial charge on any atom is 0.379 e. The number of nitrogens with zero attached hydrogens (tertiary/aromatic N) is 4. The summed E-state index contributed by atoms with van der Waals surface area (Å²) in [5.74, 6) is 5.68. The molecule has 9 heteroatoms. The molecule has 3 rings (SSSR count). The lowest BCUT2D eigenvalue weighted by atomic mass is 10.2. The third kappa shape index (κ3) is 6.90. The molecule has 0 aliphatic carbocycles. The Morgan fingerprint density at radius 1 is 1.17 bits per heavy atom. The summed E-state index contributed by atoms with van der Waals surface area (Å²) in [5.41, 5.74) is 0.678. The minimum Gasteiger partial charge on any atom is -0.497 e. The van der Waals surface area contributed by atoms with E-state index >= 15 is 0 Å². The van der Waals surface area contributed by atoms with E-state index in [9.17, 15) is 19.7 Å². The summed E-state index contributed by atoms with van der Waals surface area (Å²) in [7, 11) is 1.55. The van der Waals surface area contributed by atoms with Crippen LogP contribution >= 0.6 is 0 Å². The Morgan fingerprint density at radius 2 is 1.86 bits per heavy atom. The number of pyridine rings is 1. The quantitative estimate of drug-likeness (QED) is 0.216. The van der Waals surface area contributed by atoms with Crippen molar-refractivity contribution in [3.63, 3.8) is 0 Å². The van der Waals surface area contributed by atoms with Gasteiger partial charge in [0.05, 0.1) is 13.7 Å². The summed E-state index contributed by atoms with van der Waals surface area (Å²) < 4.78 is 7.61. The fourth-order valence-corrected chi connectivity index (χ4v) is 3.21. The Balaban J connectivity index is 0.00000222. The first-order chi connectivity index (χ1) is 17.3. The molecule has 0 radical (unpaired) electrons. The van der Waals surface area contributed by atoms with Crippen LogP contribution in [0.2, 0.25) is 0 Å². The zero-order valence-electron chi connectivity index (χ0n) is 20.7. The van der Waals surface area contributed by atoms with Crippen LogP contribution in [0.15, 0.2) is 82.6 Å². The van der Waals surface area contributed by atoms with Gasteiger partial charge in [0.1, 0.15) is 23.2 Å². The number of ether oxygens (including phenoxy) is 1. The van der Waals surface area contributed by atoms with Crippen molar-refractivity contribution in [3.05, 3.63) is 121 Å². The maximum absolute atomic E-state index is 13.3. The summed E-state index contributed by atoms with van der Waals surface area (Å²) in [6.07, 6.45) is 4.63. The van der Waals surface area contributed by atoms with Gasteiger partial charge in [-0.05, 0) is 52.6 Å². The zero-order valence-corrected chi connectivity index (χ0v) is 20.7. The molecule has 9 nitrogen and oxygen atoms in total. The van der Waals surface area contributed by atoms with Gasteiger partial charge in [-0.15, -0.1) is 0 Å². The lowest BCUT2D eigenvalue weighted by molar-refractivity contribution is -0.389. The molecule has 3 aromatic rings. The van der Waals surface area contributed by atoms with E-state index in [1.807, 2.05) is 20.8 Å². The third-order valence-electron chi connectivity index (χ3n) is 4.87. The van der Waals surface area contributed by atoms with Crippen LogP contribution in [-0.4, -0.2) is 26.2 Å². The van der Waals surface area contributed by atoms with Gasteiger partial charge in [-0.1, -0.05) is 56.2 Å². The van der Waals surface area contributed by atoms with Crippen molar-refractivity contribution in [3.8, 4) is 17.6 Å². The van der Waals surface area contributed by atoms with E-state index in [0.717, 1.165) is 15.7 Å². The second kappa shape index (κ2) is 13.2. The molecule has 0 bridgehead atoms. The average Bonchev–Trinajstić information content (AvgIpc) is 2.89. The van der Waals surface area contributed by atoms with Crippen molar-refractivity contribution in [2.45, 2.75) is 33.9 Å². The Hall–Kier alpha value is -4.71. The second-order valence-electron chi connectivity index (χ2n) is 7.30. The highest BCUT2D eigenvalue weighted by atomic mass is 16.6. The first-order valence-corrected chi connectivity index (χ1v) is 11.2. The first kappa shape index (κ1) is 27.5. The van der Waals surface area contributed by atoms with E-state index in [1.165, 1.54) is 29.0 Å². The Bertz CT molecular complexity index is 1440. The molecule has 0 aliphatic rings. The van der Waals surface area contributed by atoms with Crippen LogP contribution in [0, 0.1) is 22.0 Å². The highest BCUT2D eigenvalue weighted by Crippen LogP contribution is 2.13. The minimum absolute atomic E-state index is 0.0632. The van der Waals surface area contributed by atoms with Gasteiger partial charge in [0.2, 0.25) is 0 Å². The van der Waals surface area contributed by atoms with Gasteiger partial charge in [0, 0.05) is 12.6 Å².